The topological polar surface area (TPSA) is 52.3 Å². The SMILES string of the molecule is COc1ccc(Cc2nnc3n2N=C(C)[C@@H](C)S3)cc1. The molecule has 3 rings (SSSR count). The van der Waals surface area contributed by atoms with Crippen molar-refractivity contribution >= 4 is 17.5 Å². The zero-order valence-corrected chi connectivity index (χ0v) is 12.5. The van der Waals surface area contributed by atoms with Crippen LogP contribution in [0.3, 0.4) is 0 Å². The van der Waals surface area contributed by atoms with Gasteiger partial charge in [-0.05, 0) is 31.5 Å². The van der Waals surface area contributed by atoms with Crippen molar-refractivity contribution in [1.82, 2.24) is 14.9 Å². The molecule has 0 fully saturated rings. The molecule has 2 aromatic rings. The van der Waals surface area contributed by atoms with Gasteiger partial charge in [0, 0.05) is 17.4 Å². The maximum absolute atomic E-state index is 5.16. The third kappa shape index (κ3) is 2.43. The van der Waals surface area contributed by atoms with Gasteiger partial charge in [-0.15, -0.1) is 10.2 Å². The first-order chi connectivity index (χ1) is 9.67. The van der Waals surface area contributed by atoms with Crippen LogP contribution in [0.1, 0.15) is 25.2 Å². The van der Waals surface area contributed by atoms with E-state index in [2.05, 4.69) is 22.2 Å². The highest BCUT2D eigenvalue weighted by atomic mass is 32.2. The molecule has 0 amide bonds. The standard InChI is InChI=1S/C14H16N4OS/c1-9-10(2)20-14-16-15-13(18(14)17-9)8-11-4-6-12(19-3)7-5-11/h4-7,10H,8H2,1-3H3/t10-/m1/s1. The van der Waals surface area contributed by atoms with Gasteiger partial charge in [-0.3, -0.25) is 0 Å². The molecule has 1 aromatic carbocycles. The van der Waals surface area contributed by atoms with E-state index in [1.807, 2.05) is 35.9 Å². The average Bonchev–Trinajstić information content (AvgIpc) is 2.83. The number of thioether (sulfide) groups is 1. The summed E-state index contributed by atoms with van der Waals surface area (Å²) in [5.41, 5.74) is 2.26. The van der Waals surface area contributed by atoms with E-state index < -0.39 is 0 Å². The lowest BCUT2D eigenvalue weighted by molar-refractivity contribution is 0.414. The Hall–Kier alpha value is -1.82. The maximum atomic E-state index is 5.16. The Morgan fingerprint density at radius 3 is 2.70 bits per heavy atom. The number of fused-ring (bicyclic) bond motifs is 1. The second kappa shape index (κ2) is 5.28. The molecule has 6 heteroatoms. The highest BCUT2D eigenvalue weighted by Gasteiger charge is 2.22. The van der Waals surface area contributed by atoms with Gasteiger partial charge < -0.3 is 4.74 Å². The Bertz CT molecular complexity index is 648. The second-order valence-electron chi connectivity index (χ2n) is 4.74. The Balaban J connectivity index is 1.86. The highest BCUT2D eigenvalue weighted by Crippen LogP contribution is 2.28. The predicted molar refractivity (Wildman–Crippen MR) is 79.6 cm³/mol. The molecule has 1 aliphatic heterocycles. The Morgan fingerprint density at radius 1 is 1.25 bits per heavy atom. The number of methoxy groups -OCH3 is 1. The monoisotopic (exact) mass is 288 g/mol. The molecule has 2 heterocycles. The van der Waals surface area contributed by atoms with Crippen LogP contribution in [0.25, 0.3) is 0 Å². The van der Waals surface area contributed by atoms with Crippen molar-refractivity contribution in [3.63, 3.8) is 0 Å². The first-order valence-electron chi connectivity index (χ1n) is 6.46. The van der Waals surface area contributed by atoms with Crippen molar-refractivity contribution < 1.29 is 4.74 Å². The van der Waals surface area contributed by atoms with Crippen LogP contribution >= 0.6 is 11.8 Å². The van der Waals surface area contributed by atoms with E-state index >= 15 is 0 Å². The molecular weight excluding hydrogens is 272 g/mol. The molecule has 0 N–H and O–H groups in total. The number of nitrogens with zero attached hydrogens (tertiary/aromatic N) is 4. The van der Waals surface area contributed by atoms with Crippen LogP contribution in [0.2, 0.25) is 0 Å². The normalized spacial score (nSPS) is 17.6. The minimum Gasteiger partial charge on any atom is -0.497 e. The lowest BCUT2D eigenvalue weighted by atomic mass is 10.1. The van der Waals surface area contributed by atoms with E-state index in [9.17, 15) is 0 Å². The third-order valence-electron chi connectivity index (χ3n) is 3.33. The fourth-order valence-corrected chi connectivity index (χ4v) is 2.86. The van der Waals surface area contributed by atoms with Crippen molar-refractivity contribution in [3.8, 4) is 5.75 Å². The van der Waals surface area contributed by atoms with Gasteiger partial charge in [0.25, 0.3) is 0 Å². The molecule has 0 saturated heterocycles. The molecule has 0 spiro atoms. The van der Waals surface area contributed by atoms with Gasteiger partial charge in [-0.25, -0.2) is 0 Å². The molecule has 5 nitrogen and oxygen atoms in total. The lowest BCUT2D eigenvalue weighted by Gasteiger charge is -2.16. The summed E-state index contributed by atoms with van der Waals surface area (Å²) in [5, 5.41) is 14.3. The zero-order valence-electron chi connectivity index (χ0n) is 11.7. The fraction of sp³-hybridized carbons (Fsp3) is 0.357. The number of aromatic nitrogens is 3. The molecule has 1 aromatic heterocycles. The number of ether oxygens (including phenoxy) is 1. The molecule has 104 valence electrons. The summed E-state index contributed by atoms with van der Waals surface area (Å²) in [6, 6.07) is 7.98. The largest absolute Gasteiger partial charge is 0.497 e. The van der Waals surface area contributed by atoms with Gasteiger partial charge in [-0.2, -0.15) is 9.78 Å². The van der Waals surface area contributed by atoms with Gasteiger partial charge in [-0.1, -0.05) is 23.9 Å². The Morgan fingerprint density at radius 2 is 2.00 bits per heavy atom. The molecule has 1 aliphatic rings. The summed E-state index contributed by atoms with van der Waals surface area (Å²) in [6.07, 6.45) is 0.711. The highest BCUT2D eigenvalue weighted by molar-refractivity contribution is 8.00. The van der Waals surface area contributed by atoms with Crippen molar-refractivity contribution in [3.05, 3.63) is 35.7 Å². The van der Waals surface area contributed by atoms with Crippen molar-refractivity contribution in [1.29, 1.82) is 0 Å². The van der Waals surface area contributed by atoms with Crippen molar-refractivity contribution in [2.75, 3.05) is 7.11 Å². The minimum absolute atomic E-state index is 0.362. The van der Waals surface area contributed by atoms with Crippen LogP contribution in [0.15, 0.2) is 34.5 Å². The molecule has 0 bridgehead atoms. The van der Waals surface area contributed by atoms with E-state index in [0.717, 1.165) is 28.0 Å². The zero-order chi connectivity index (χ0) is 14.1. The smallest absolute Gasteiger partial charge is 0.212 e. The lowest BCUT2D eigenvalue weighted by Crippen LogP contribution is -2.18. The first kappa shape index (κ1) is 13.2. The predicted octanol–water partition coefficient (Wildman–Crippen LogP) is 2.60. The van der Waals surface area contributed by atoms with Crippen molar-refractivity contribution in [2.24, 2.45) is 5.10 Å². The van der Waals surface area contributed by atoms with Gasteiger partial charge in [0.2, 0.25) is 5.16 Å². The summed E-state index contributed by atoms with van der Waals surface area (Å²) < 4.78 is 7.01. The first-order valence-corrected chi connectivity index (χ1v) is 7.34. The Labute approximate surface area is 122 Å². The summed E-state index contributed by atoms with van der Waals surface area (Å²) in [7, 11) is 1.67. The molecule has 1 atom stereocenters. The molecule has 0 radical (unpaired) electrons. The van der Waals surface area contributed by atoms with Crippen LogP contribution in [0.4, 0.5) is 0 Å². The van der Waals surface area contributed by atoms with E-state index in [1.165, 1.54) is 0 Å². The van der Waals surface area contributed by atoms with Gasteiger partial charge in [0.1, 0.15) is 5.75 Å². The summed E-state index contributed by atoms with van der Waals surface area (Å²) in [5.74, 6) is 1.72. The summed E-state index contributed by atoms with van der Waals surface area (Å²) in [4.78, 5) is 0. The van der Waals surface area contributed by atoms with Gasteiger partial charge in [0.05, 0.1) is 7.11 Å². The minimum atomic E-state index is 0.362. The van der Waals surface area contributed by atoms with E-state index in [4.69, 9.17) is 4.74 Å². The molecule has 0 aliphatic carbocycles. The average molecular weight is 288 g/mol. The summed E-state index contributed by atoms with van der Waals surface area (Å²) >= 11 is 1.70. The third-order valence-corrected chi connectivity index (χ3v) is 4.49. The molecular formula is C14H16N4OS. The van der Waals surface area contributed by atoms with E-state index in [0.29, 0.717) is 11.7 Å². The Kier molecular flexibility index (Phi) is 3.48. The fourth-order valence-electron chi connectivity index (χ4n) is 1.99. The van der Waals surface area contributed by atoms with Crippen LogP contribution in [-0.2, 0) is 6.42 Å². The van der Waals surface area contributed by atoms with Crippen LogP contribution in [0.5, 0.6) is 5.75 Å². The van der Waals surface area contributed by atoms with E-state index in [1.54, 1.807) is 18.9 Å². The summed E-state index contributed by atoms with van der Waals surface area (Å²) in [6.45, 7) is 4.17. The van der Waals surface area contributed by atoms with Gasteiger partial charge in [0.15, 0.2) is 5.82 Å². The van der Waals surface area contributed by atoms with Gasteiger partial charge >= 0.3 is 0 Å². The van der Waals surface area contributed by atoms with Crippen molar-refractivity contribution in [2.45, 2.75) is 30.7 Å². The quantitative estimate of drug-likeness (QED) is 0.871. The van der Waals surface area contributed by atoms with Crippen LogP contribution < -0.4 is 4.74 Å². The molecule has 0 saturated carbocycles. The number of hydrogen-bond acceptors (Lipinski definition) is 5. The number of benzene rings is 1. The van der Waals surface area contributed by atoms with E-state index in [-0.39, 0.29) is 0 Å². The number of rotatable bonds is 3. The second-order valence-corrected chi connectivity index (χ2v) is 6.04. The van der Waals surface area contributed by atoms with Crippen LogP contribution in [-0.4, -0.2) is 32.9 Å². The number of hydrogen-bond donors (Lipinski definition) is 0. The molecule has 0 unspecified atom stereocenters. The maximum Gasteiger partial charge on any atom is 0.212 e. The molecule has 20 heavy (non-hydrogen) atoms. The van der Waals surface area contributed by atoms with Crippen LogP contribution in [0, 0.1) is 0 Å².